The minimum atomic E-state index is -0.0610. The third kappa shape index (κ3) is 2.34. The number of rotatable bonds is 2. The monoisotopic (exact) mass is 204 g/mol. The molecule has 2 rings (SSSR count). The Balaban J connectivity index is 2.23. The molecule has 1 aliphatic heterocycles. The molecular formula is C11H12N2O2. The van der Waals surface area contributed by atoms with Crippen LogP contribution in [-0.2, 0) is 0 Å². The van der Waals surface area contributed by atoms with Crippen LogP contribution in [0.4, 0.5) is 0 Å². The molecule has 0 spiro atoms. The molecular weight excluding hydrogens is 192 g/mol. The molecule has 1 aliphatic rings. The molecule has 0 aromatic heterocycles. The zero-order valence-electron chi connectivity index (χ0n) is 8.51. The quantitative estimate of drug-likeness (QED) is 0.646. The maximum Gasteiger partial charge on any atom is 0.203 e. The van der Waals surface area contributed by atoms with Gasteiger partial charge in [0.2, 0.25) is 6.21 Å². The summed E-state index contributed by atoms with van der Waals surface area (Å²) in [6, 6.07) is 7.63. The van der Waals surface area contributed by atoms with Crippen LogP contribution in [-0.4, -0.2) is 30.5 Å². The lowest BCUT2D eigenvalue weighted by molar-refractivity contribution is -0.519. The SMILES string of the molecule is COc1cccc(/C=[N+]2\CCC([O-])=N2)c1. The minimum absolute atomic E-state index is 0.0610. The summed E-state index contributed by atoms with van der Waals surface area (Å²) in [6.07, 6.45) is 2.34. The zero-order valence-corrected chi connectivity index (χ0v) is 8.51. The lowest BCUT2D eigenvalue weighted by Gasteiger charge is -1.98. The molecule has 0 N–H and O–H groups in total. The highest BCUT2D eigenvalue weighted by atomic mass is 16.5. The second kappa shape index (κ2) is 4.13. The van der Waals surface area contributed by atoms with Crippen molar-refractivity contribution in [1.82, 2.24) is 0 Å². The molecule has 4 nitrogen and oxygen atoms in total. The fourth-order valence-electron chi connectivity index (χ4n) is 1.44. The Morgan fingerprint density at radius 2 is 2.40 bits per heavy atom. The van der Waals surface area contributed by atoms with Gasteiger partial charge in [-0.15, -0.1) is 0 Å². The normalized spacial score (nSPS) is 17.9. The van der Waals surface area contributed by atoms with E-state index in [9.17, 15) is 5.11 Å². The number of benzene rings is 1. The molecule has 0 saturated heterocycles. The average Bonchev–Trinajstić information content (AvgIpc) is 2.64. The standard InChI is InChI=1S/C11H12N2O2/c1-15-10-4-2-3-9(7-10)8-13-6-5-11(14)12-13/h2-4,7-8H,5-6H2,1H3/b13-8+. The van der Waals surface area contributed by atoms with Crippen LogP contribution < -0.4 is 9.84 Å². The van der Waals surface area contributed by atoms with Crippen LogP contribution >= 0.6 is 0 Å². The van der Waals surface area contributed by atoms with Gasteiger partial charge in [-0.25, -0.2) is 0 Å². The van der Waals surface area contributed by atoms with Crippen molar-refractivity contribution >= 4 is 12.1 Å². The van der Waals surface area contributed by atoms with Gasteiger partial charge in [0.1, 0.15) is 5.75 Å². The molecule has 0 aliphatic carbocycles. The molecule has 0 amide bonds. The molecule has 0 fully saturated rings. The van der Waals surface area contributed by atoms with Crippen LogP contribution in [0.2, 0.25) is 0 Å². The van der Waals surface area contributed by atoms with E-state index in [1.54, 1.807) is 11.8 Å². The smallest absolute Gasteiger partial charge is 0.203 e. The summed E-state index contributed by atoms with van der Waals surface area (Å²) in [5.41, 5.74) is 0.979. The third-order valence-electron chi connectivity index (χ3n) is 2.19. The molecule has 15 heavy (non-hydrogen) atoms. The summed E-state index contributed by atoms with van der Waals surface area (Å²) in [6.45, 7) is 0.663. The number of hydrogen-bond acceptors (Lipinski definition) is 3. The van der Waals surface area contributed by atoms with Crippen molar-refractivity contribution in [1.29, 1.82) is 0 Å². The van der Waals surface area contributed by atoms with Gasteiger partial charge >= 0.3 is 0 Å². The first-order valence-electron chi connectivity index (χ1n) is 4.78. The van der Waals surface area contributed by atoms with E-state index in [1.165, 1.54) is 0 Å². The predicted octanol–water partition coefficient (Wildman–Crippen LogP) is 0.204. The summed E-state index contributed by atoms with van der Waals surface area (Å²) in [5, 5.41) is 14.8. The Hall–Kier alpha value is -1.84. The predicted molar refractivity (Wildman–Crippen MR) is 55.3 cm³/mol. The van der Waals surface area contributed by atoms with Gasteiger partial charge in [-0.1, -0.05) is 10.8 Å². The van der Waals surface area contributed by atoms with E-state index in [4.69, 9.17) is 4.74 Å². The summed E-state index contributed by atoms with van der Waals surface area (Å²) in [4.78, 5) is 0. The van der Waals surface area contributed by atoms with E-state index in [0.29, 0.717) is 13.0 Å². The summed E-state index contributed by atoms with van der Waals surface area (Å²) in [5.74, 6) is 0.739. The first-order valence-corrected chi connectivity index (χ1v) is 4.78. The van der Waals surface area contributed by atoms with E-state index in [1.807, 2.05) is 30.5 Å². The van der Waals surface area contributed by atoms with Gasteiger partial charge < -0.3 is 9.84 Å². The lowest BCUT2D eigenvalue weighted by Crippen LogP contribution is -2.13. The topological polar surface area (TPSA) is 47.7 Å². The van der Waals surface area contributed by atoms with Crippen LogP contribution in [0.1, 0.15) is 12.0 Å². The van der Waals surface area contributed by atoms with Crippen molar-refractivity contribution in [3.05, 3.63) is 29.8 Å². The van der Waals surface area contributed by atoms with Crippen LogP contribution in [0.15, 0.2) is 29.4 Å². The molecule has 78 valence electrons. The minimum Gasteiger partial charge on any atom is -0.857 e. The highest BCUT2D eigenvalue weighted by molar-refractivity contribution is 5.78. The molecule has 4 heteroatoms. The number of hydrazone groups is 1. The molecule has 0 radical (unpaired) electrons. The van der Waals surface area contributed by atoms with E-state index in [0.717, 1.165) is 11.3 Å². The van der Waals surface area contributed by atoms with Gasteiger partial charge in [-0.3, -0.25) is 0 Å². The first kappa shape index (κ1) is 9.71. The first-order chi connectivity index (χ1) is 7.28. The van der Waals surface area contributed by atoms with Gasteiger partial charge in [-0.05, 0) is 23.3 Å². The zero-order chi connectivity index (χ0) is 10.7. The van der Waals surface area contributed by atoms with Gasteiger partial charge in [-0.2, -0.15) is 0 Å². The Morgan fingerprint density at radius 1 is 1.53 bits per heavy atom. The lowest BCUT2D eigenvalue weighted by atomic mass is 10.2. The number of ether oxygens (including phenoxy) is 1. The van der Waals surface area contributed by atoms with Gasteiger partial charge in [0.05, 0.1) is 7.11 Å². The summed E-state index contributed by atoms with van der Waals surface area (Å²) < 4.78 is 6.77. The largest absolute Gasteiger partial charge is 0.857 e. The summed E-state index contributed by atoms with van der Waals surface area (Å²) in [7, 11) is 1.63. The van der Waals surface area contributed by atoms with Gasteiger partial charge in [0.25, 0.3) is 0 Å². The second-order valence-corrected chi connectivity index (χ2v) is 3.31. The van der Waals surface area contributed by atoms with E-state index >= 15 is 0 Å². The number of hydrogen-bond donors (Lipinski definition) is 0. The maximum absolute atomic E-state index is 10.9. The van der Waals surface area contributed by atoms with Crippen molar-refractivity contribution in [2.45, 2.75) is 6.42 Å². The van der Waals surface area contributed by atoms with Crippen molar-refractivity contribution in [2.75, 3.05) is 13.7 Å². The molecule has 1 heterocycles. The van der Waals surface area contributed by atoms with Gasteiger partial charge in [0.15, 0.2) is 6.54 Å². The number of nitrogens with zero attached hydrogens (tertiary/aromatic N) is 2. The molecule has 0 saturated carbocycles. The Kier molecular flexibility index (Phi) is 2.67. The van der Waals surface area contributed by atoms with E-state index in [-0.39, 0.29) is 5.90 Å². The maximum atomic E-state index is 10.9. The fraction of sp³-hybridized carbons (Fsp3) is 0.273. The Bertz CT molecular complexity index is 424. The Labute approximate surface area is 88.1 Å². The molecule has 1 aromatic carbocycles. The van der Waals surface area contributed by atoms with Crippen molar-refractivity contribution in [3.8, 4) is 5.75 Å². The number of methoxy groups -OCH3 is 1. The van der Waals surface area contributed by atoms with E-state index in [2.05, 4.69) is 5.10 Å². The van der Waals surface area contributed by atoms with Crippen LogP contribution in [0.3, 0.4) is 0 Å². The van der Waals surface area contributed by atoms with Crippen molar-refractivity contribution in [2.24, 2.45) is 5.10 Å². The van der Waals surface area contributed by atoms with Crippen LogP contribution in [0.25, 0.3) is 0 Å². The van der Waals surface area contributed by atoms with E-state index < -0.39 is 0 Å². The average molecular weight is 204 g/mol. The Morgan fingerprint density at radius 3 is 3.07 bits per heavy atom. The third-order valence-corrected chi connectivity index (χ3v) is 2.19. The summed E-state index contributed by atoms with van der Waals surface area (Å²) >= 11 is 0. The van der Waals surface area contributed by atoms with Crippen LogP contribution in [0.5, 0.6) is 5.75 Å². The van der Waals surface area contributed by atoms with Crippen molar-refractivity contribution < 1.29 is 14.5 Å². The fourth-order valence-corrected chi connectivity index (χ4v) is 1.44. The van der Waals surface area contributed by atoms with Crippen molar-refractivity contribution in [3.63, 3.8) is 0 Å². The molecule has 0 bridgehead atoms. The van der Waals surface area contributed by atoms with Gasteiger partial charge in [0, 0.05) is 17.9 Å². The van der Waals surface area contributed by atoms with Crippen LogP contribution in [0, 0.1) is 0 Å². The highest BCUT2D eigenvalue weighted by Gasteiger charge is 2.11. The molecule has 1 aromatic rings. The molecule has 0 unspecified atom stereocenters. The highest BCUT2D eigenvalue weighted by Crippen LogP contribution is 2.11. The second-order valence-electron chi connectivity index (χ2n) is 3.31. The molecule has 0 atom stereocenters.